The monoisotopic (exact) mass is 251 g/mol. The summed E-state index contributed by atoms with van der Waals surface area (Å²) in [6, 6.07) is 0. The van der Waals surface area contributed by atoms with E-state index in [1.54, 1.807) is 0 Å². The number of hydrogen-bond acceptors (Lipinski definition) is 2. The van der Waals surface area contributed by atoms with Crippen molar-refractivity contribution in [2.75, 3.05) is 0 Å². The zero-order chi connectivity index (χ0) is 14.1. The molecule has 1 heterocycles. The molecule has 1 rings (SSSR count). The van der Waals surface area contributed by atoms with Crippen LogP contribution in [0.15, 0.2) is 0 Å². The second-order valence-electron chi connectivity index (χ2n) is 7.25. The van der Waals surface area contributed by atoms with Crippen LogP contribution >= 0.6 is 0 Å². The molecular formula is C15H29N3. The van der Waals surface area contributed by atoms with Gasteiger partial charge >= 0.3 is 0 Å². The van der Waals surface area contributed by atoms with Gasteiger partial charge in [0, 0.05) is 30.4 Å². The SMILES string of the molecule is Cc1nn(C)c(C)c1CNC(C)(C)CC(C)(C)C. The molecule has 0 aliphatic rings. The van der Waals surface area contributed by atoms with Gasteiger partial charge in [0.15, 0.2) is 0 Å². The van der Waals surface area contributed by atoms with E-state index in [1.807, 2.05) is 11.7 Å². The van der Waals surface area contributed by atoms with Gasteiger partial charge in [0.1, 0.15) is 0 Å². The number of aryl methyl sites for hydroxylation is 2. The van der Waals surface area contributed by atoms with Gasteiger partial charge in [0.2, 0.25) is 0 Å². The van der Waals surface area contributed by atoms with Crippen molar-refractivity contribution in [2.24, 2.45) is 12.5 Å². The summed E-state index contributed by atoms with van der Waals surface area (Å²) >= 11 is 0. The van der Waals surface area contributed by atoms with E-state index < -0.39 is 0 Å². The van der Waals surface area contributed by atoms with Crippen molar-refractivity contribution in [3.05, 3.63) is 17.0 Å². The van der Waals surface area contributed by atoms with Crippen LogP contribution in [0.2, 0.25) is 0 Å². The zero-order valence-electron chi connectivity index (χ0n) is 13.3. The van der Waals surface area contributed by atoms with E-state index in [4.69, 9.17) is 0 Å². The van der Waals surface area contributed by atoms with Crippen molar-refractivity contribution in [3.63, 3.8) is 0 Å². The highest BCUT2D eigenvalue weighted by molar-refractivity contribution is 5.24. The van der Waals surface area contributed by atoms with Gasteiger partial charge in [-0.15, -0.1) is 0 Å². The molecule has 1 aromatic heterocycles. The number of nitrogens with zero attached hydrogens (tertiary/aromatic N) is 2. The summed E-state index contributed by atoms with van der Waals surface area (Å²) in [5, 5.41) is 8.14. The number of rotatable bonds is 4. The average molecular weight is 251 g/mol. The first-order chi connectivity index (χ1) is 8.02. The summed E-state index contributed by atoms with van der Waals surface area (Å²) in [7, 11) is 2.01. The highest BCUT2D eigenvalue weighted by atomic mass is 15.3. The van der Waals surface area contributed by atoms with Crippen LogP contribution in [0.4, 0.5) is 0 Å². The highest BCUT2D eigenvalue weighted by Gasteiger charge is 2.25. The summed E-state index contributed by atoms with van der Waals surface area (Å²) in [6.07, 6.45) is 1.15. The van der Waals surface area contributed by atoms with Crippen molar-refractivity contribution in [1.29, 1.82) is 0 Å². The topological polar surface area (TPSA) is 29.9 Å². The largest absolute Gasteiger partial charge is 0.308 e. The molecule has 3 nitrogen and oxygen atoms in total. The van der Waals surface area contributed by atoms with E-state index in [9.17, 15) is 0 Å². The van der Waals surface area contributed by atoms with Gasteiger partial charge in [-0.05, 0) is 39.5 Å². The van der Waals surface area contributed by atoms with E-state index in [0.29, 0.717) is 5.41 Å². The quantitative estimate of drug-likeness (QED) is 0.889. The first kappa shape index (κ1) is 15.2. The molecule has 0 fully saturated rings. The minimum absolute atomic E-state index is 0.146. The molecule has 0 radical (unpaired) electrons. The molecule has 0 unspecified atom stereocenters. The molecule has 1 aromatic rings. The molecule has 0 aliphatic heterocycles. The first-order valence-corrected chi connectivity index (χ1v) is 6.76. The van der Waals surface area contributed by atoms with Gasteiger partial charge in [0.05, 0.1) is 5.69 Å². The van der Waals surface area contributed by atoms with Crippen LogP contribution in [0.1, 0.15) is 58.0 Å². The lowest BCUT2D eigenvalue weighted by Crippen LogP contribution is -2.42. The molecule has 0 atom stereocenters. The Morgan fingerprint density at radius 2 is 1.67 bits per heavy atom. The van der Waals surface area contributed by atoms with E-state index in [1.165, 1.54) is 11.3 Å². The highest BCUT2D eigenvalue weighted by Crippen LogP contribution is 2.27. The fourth-order valence-electron chi connectivity index (χ4n) is 2.79. The molecule has 104 valence electrons. The second kappa shape index (κ2) is 5.04. The Kier molecular flexibility index (Phi) is 4.26. The third-order valence-electron chi connectivity index (χ3n) is 3.37. The molecule has 3 heteroatoms. The zero-order valence-corrected chi connectivity index (χ0v) is 13.3. The van der Waals surface area contributed by atoms with Gasteiger partial charge in [-0.2, -0.15) is 5.10 Å². The predicted octanol–water partition coefficient (Wildman–Crippen LogP) is 3.34. The molecule has 0 amide bonds. The molecule has 0 aliphatic carbocycles. The van der Waals surface area contributed by atoms with Crippen molar-refractivity contribution in [3.8, 4) is 0 Å². The lowest BCUT2D eigenvalue weighted by Gasteiger charge is -2.33. The van der Waals surface area contributed by atoms with Crippen LogP contribution < -0.4 is 5.32 Å². The van der Waals surface area contributed by atoms with E-state index in [-0.39, 0.29) is 5.54 Å². The summed E-state index contributed by atoms with van der Waals surface area (Å²) in [5.41, 5.74) is 4.21. The van der Waals surface area contributed by atoms with Crippen molar-refractivity contribution >= 4 is 0 Å². The third-order valence-corrected chi connectivity index (χ3v) is 3.37. The minimum Gasteiger partial charge on any atom is -0.308 e. The molecular weight excluding hydrogens is 222 g/mol. The Bertz CT molecular complexity index is 408. The molecule has 18 heavy (non-hydrogen) atoms. The Labute approximate surface area is 112 Å². The minimum atomic E-state index is 0.146. The fraction of sp³-hybridized carbons (Fsp3) is 0.800. The molecule has 0 saturated heterocycles. The van der Waals surface area contributed by atoms with Gasteiger partial charge in [0.25, 0.3) is 0 Å². The first-order valence-electron chi connectivity index (χ1n) is 6.76. The van der Waals surface area contributed by atoms with Crippen LogP contribution in [-0.4, -0.2) is 15.3 Å². The standard InChI is InChI=1S/C15H29N3/c1-11-13(12(2)18(8)17-11)9-16-15(6,7)10-14(3,4)5/h16H,9-10H2,1-8H3. The van der Waals surface area contributed by atoms with Crippen LogP contribution in [-0.2, 0) is 13.6 Å². The van der Waals surface area contributed by atoms with Gasteiger partial charge in [-0.3, -0.25) is 4.68 Å². The van der Waals surface area contributed by atoms with E-state index in [0.717, 1.165) is 18.7 Å². The Hall–Kier alpha value is -0.830. The van der Waals surface area contributed by atoms with Gasteiger partial charge in [-0.1, -0.05) is 20.8 Å². The molecule has 0 bridgehead atoms. The van der Waals surface area contributed by atoms with E-state index >= 15 is 0 Å². The van der Waals surface area contributed by atoms with Crippen LogP contribution in [0.3, 0.4) is 0 Å². The lowest BCUT2D eigenvalue weighted by molar-refractivity contribution is 0.240. The third kappa shape index (κ3) is 4.13. The smallest absolute Gasteiger partial charge is 0.0641 e. The Morgan fingerprint density at radius 3 is 2.06 bits per heavy atom. The molecule has 1 N–H and O–H groups in total. The lowest BCUT2D eigenvalue weighted by atomic mass is 9.81. The van der Waals surface area contributed by atoms with Crippen molar-refractivity contribution in [1.82, 2.24) is 15.1 Å². The fourth-order valence-corrected chi connectivity index (χ4v) is 2.79. The van der Waals surface area contributed by atoms with Crippen molar-refractivity contribution in [2.45, 2.75) is 67.0 Å². The van der Waals surface area contributed by atoms with Gasteiger partial charge in [-0.25, -0.2) is 0 Å². The van der Waals surface area contributed by atoms with Crippen LogP contribution in [0, 0.1) is 19.3 Å². The van der Waals surface area contributed by atoms with Crippen LogP contribution in [0.25, 0.3) is 0 Å². The Morgan fingerprint density at radius 1 is 1.11 bits per heavy atom. The molecule has 0 spiro atoms. The summed E-state index contributed by atoms with van der Waals surface area (Å²) < 4.78 is 1.96. The summed E-state index contributed by atoms with van der Waals surface area (Å²) in [4.78, 5) is 0. The van der Waals surface area contributed by atoms with E-state index in [2.05, 4.69) is 58.9 Å². The van der Waals surface area contributed by atoms with Gasteiger partial charge < -0.3 is 5.32 Å². The van der Waals surface area contributed by atoms with Crippen molar-refractivity contribution < 1.29 is 0 Å². The predicted molar refractivity (Wildman–Crippen MR) is 77.7 cm³/mol. The number of aromatic nitrogens is 2. The average Bonchev–Trinajstić information content (AvgIpc) is 2.35. The maximum Gasteiger partial charge on any atom is 0.0641 e. The summed E-state index contributed by atoms with van der Waals surface area (Å²) in [6.45, 7) is 16.5. The maximum absolute atomic E-state index is 4.46. The summed E-state index contributed by atoms with van der Waals surface area (Å²) in [5.74, 6) is 0. The Balaban J connectivity index is 2.70. The maximum atomic E-state index is 4.46. The number of hydrogen-bond donors (Lipinski definition) is 1. The normalized spacial score (nSPS) is 13.1. The second-order valence-corrected chi connectivity index (χ2v) is 7.25. The molecule has 0 aromatic carbocycles. The molecule has 0 saturated carbocycles. The number of nitrogens with one attached hydrogen (secondary N) is 1. The van der Waals surface area contributed by atoms with Crippen LogP contribution in [0.5, 0.6) is 0 Å².